The van der Waals surface area contributed by atoms with E-state index in [0.29, 0.717) is 0 Å². The molecule has 0 aliphatic rings. The maximum absolute atomic E-state index is 11.2. The number of esters is 1. The molecule has 0 aromatic heterocycles. The zero-order valence-corrected chi connectivity index (χ0v) is 8.17. The minimum absolute atomic E-state index is 0.563. The lowest BCUT2D eigenvalue weighted by Crippen LogP contribution is -2.40. The lowest BCUT2D eigenvalue weighted by atomic mass is 10.1. The van der Waals surface area contributed by atoms with Crippen LogP contribution in [0.4, 0.5) is 0 Å². The Balaban J connectivity index is 4.23. The molecule has 4 heteroatoms. The Hall–Kier alpha value is -0.610. The van der Waals surface area contributed by atoms with Gasteiger partial charge in [-0.2, -0.15) is 0 Å². The molecule has 0 unspecified atom stereocenters. The van der Waals surface area contributed by atoms with Crippen molar-refractivity contribution in [2.75, 3.05) is 0 Å². The Morgan fingerprint density at radius 2 is 1.58 bits per heavy atom. The Kier molecular flexibility index (Phi) is 3.24. The van der Waals surface area contributed by atoms with E-state index in [2.05, 4.69) is 4.89 Å². The van der Waals surface area contributed by atoms with Gasteiger partial charge in [0.05, 0.1) is 0 Å². The highest BCUT2D eigenvalue weighted by Crippen LogP contribution is 2.15. The van der Waals surface area contributed by atoms with Crippen LogP contribution in [0.3, 0.4) is 0 Å². The molecule has 0 aromatic rings. The van der Waals surface area contributed by atoms with Crippen molar-refractivity contribution in [3.63, 3.8) is 0 Å². The van der Waals surface area contributed by atoms with E-state index < -0.39 is 17.2 Å². The minimum atomic E-state index is -1.30. The van der Waals surface area contributed by atoms with Gasteiger partial charge in [-0.05, 0) is 34.6 Å². The van der Waals surface area contributed by atoms with Gasteiger partial charge in [-0.25, -0.2) is 9.68 Å². The van der Waals surface area contributed by atoms with Gasteiger partial charge >= 0.3 is 5.97 Å². The standard InChI is InChI=1S/C8H16O4/c1-7(2,3)11-6(9)8(4,5)12-10/h10H,1-5H3. The highest BCUT2D eigenvalue weighted by atomic mass is 17.1. The van der Waals surface area contributed by atoms with Crippen molar-refractivity contribution in [1.82, 2.24) is 0 Å². The van der Waals surface area contributed by atoms with Crippen LogP contribution >= 0.6 is 0 Å². The van der Waals surface area contributed by atoms with Crippen molar-refractivity contribution < 1.29 is 19.7 Å². The molecule has 72 valence electrons. The highest BCUT2D eigenvalue weighted by molar-refractivity contribution is 5.78. The number of carbonyl (C=O) groups excluding carboxylic acids is 1. The summed E-state index contributed by atoms with van der Waals surface area (Å²) >= 11 is 0. The van der Waals surface area contributed by atoms with Crippen LogP contribution in [-0.2, 0) is 14.4 Å². The Bertz CT molecular complexity index is 166. The summed E-state index contributed by atoms with van der Waals surface area (Å²) in [5, 5.41) is 8.36. The average Bonchev–Trinajstić information content (AvgIpc) is 1.84. The van der Waals surface area contributed by atoms with Crippen LogP contribution in [0.25, 0.3) is 0 Å². The van der Waals surface area contributed by atoms with Crippen molar-refractivity contribution in [2.24, 2.45) is 0 Å². The topological polar surface area (TPSA) is 55.8 Å². The summed E-state index contributed by atoms with van der Waals surface area (Å²) in [7, 11) is 0. The van der Waals surface area contributed by atoms with Crippen LogP contribution in [0.5, 0.6) is 0 Å². The second-order valence-corrected chi connectivity index (χ2v) is 4.10. The van der Waals surface area contributed by atoms with Crippen LogP contribution < -0.4 is 0 Å². The van der Waals surface area contributed by atoms with Gasteiger partial charge in [0.2, 0.25) is 0 Å². The zero-order valence-electron chi connectivity index (χ0n) is 8.17. The van der Waals surface area contributed by atoms with Crippen molar-refractivity contribution in [3.8, 4) is 0 Å². The van der Waals surface area contributed by atoms with E-state index in [-0.39, 0.29) is 0 Å². The largest absolute Gasteiger partial charge is 0.458 e. The summed E-state index contributed by atoms with van der Waals surface area (Å²) in [4.78, 5) is 15.2. The smallest absolute Gasteiger partial charge is 0.341 e. The predicted molar refractivity (Wildman–Crippen MR) is 43.6 cm³/mol. The number of rotatable bonds is 2. The number of carbonyl (C=O) groups is 1. The summed E-state index contributed by atoms with van der Waals surface area (Å²) < 4.78 is 4.97. The summed E-state index contributed by atoms with van der Waals surface area (Å²) in [6.45, 7) is 8.11. The number of hydrogen-bond acceptors (Lipinski definition) is 4. The lowest BCUT2D eigenvalue weighted by molar-refractivity contribution is -0.310. The molecular formula is C8H16O4. The molecule has 0 heterocycles. The second kappa shape index (κ2) is 3.41. The third-order valence-electron chi connectivity index (χ3n) is 1.12. The third kappa shape index (κ3) is 3.69. The Labute approximate surface area is 72.4 Å². The van der Waals surface area contributed by atoms with E-state index in [1.807, 2.05) is 0 Å². The van der Waals surface area contributed by atoms with Gasteiger partial charge in [-0.1, -0.05) is 0 Å². The maximum Gasteiger partial charge on any atom is 0.341 e. The quantitative estimate of drug-likeness (QED) is 0.394. The molecule has 0 atom stereocenters. The molecule has 0 aliphatic carbocycles. The van der Waals surface area contributed by atoms with Gasteiger partial charge in [-0.3, -0.25) is 5.26 Å². The molecule has 0 aliphatic heterocycles. The third-order valence-corrected chi connectivity index (χ3v) is 1.12. The van der Waals surface area contributed by atoms with E-state index >= 15 is 0 Å². The molecule has 0 amide bonds. The van der Waals surface area contributed by atoms with Crippen LogP contribution in [0.2, 0.25) is 0 Å². The summed E-state index contributed by atoms with van der Waals surface area (Å²) in [5.41, 5.74) is -1.86. The van der Waals surface area contributed by atoms with E-state index in [0.717, 1.165) is 0 Å². The van der Waals surface area contributed by atoms with E-state index in [1.54, 1.807) is 20.8 Å². The fourth-order valence-corrected chi connectivity index (χ4v) is 0.438. The Morgan fingerprint density at radius 3 is 1.83 bits per heavy atom. The maximum atomic E-state index is 11.2. The predicted octanol–water partition coefficient (Wildman–Crippen LogP) is 1.60. The first-order valence-electron chi connectivity index (χ1n) is 3.75. The molecule has 4 nitrogen and oxygen atoms in total. The van der Waals surface area contributed by atoms with Gasteiger partial charge in [-0.15, -0.1) is 0 Å². The summed E-state index contributed by atoms with van der Waals surface area (Å²) in [6.07, 6.45) is 0. The molecular weight excluding hydrogens is 160 g/mol. The van der Waals surface area contributed by atoms with E-state index in [4.69, 9.17) is 9.99 Å². The molecule has 0 bridgehead atoms. The fourth-order valence-electron chi connectivity index (χ4n) is 0.438. The molecule has 12 heavy (non-hydrogen) atoms. The van der Waals surface area contributed by atoms with Gasteiger partial charge in [0.25, 0.3) is 0 Å². The molecule has 0 rings (SSSR count). The summed E-state index contributed by atoms with van der Waals surface area (Å²) in [6, 6.07) is 0. The van der Waals surface area contributed by atoms with E-state index in [9.17, 15) is 4.79 Å². The number of ether oxygens (including phenoxy) is 1. The zero-order chi connectivity index (χ0) is 9.99. The normalized spacial score (nSPS) is 12.8. The average molecular weight is 176 g/mol. The van der Waals surface area contributed by atoms with Crippen molar-refractivity contribution in [2.45, 2.75) is 45.8 Å². The molecule has 0 saturated carbocycles. The number of hydrogen-bond donors (Lipinski definition) is 1. The summed E-state index contributed by atoms with van der Waals surface area (Å²) in [5.74, 6) is -0.586. The van der Waals surface area contributed by atoms with Crippen LogP contribution in [0.1, 0.15) is 34.6 Å². The fraction of sp³-hybridized carbons (Fsp3) is 0.875. The lowest BCUT2D eigenvalue weighted by Gasteiger charge is -2.25. The molecule has 0 radical (unpaired) electrons. The Morgan fingerprint density at radius 1 is 1.17 bits per heavy atom. The van der Waals surface area contributed by atoms with Crippen LogP contribution in [0, 0.1) is 0 Å². The van der Waals surface area contributed by atoms with Crippen molar-refractivity contribution in [3.05, 3.63) is 0 Å². The first-order chi connectivity index (χ1) is 5.19. The second-order valence-electron chi connectivity index (χ2n) is 4.10. The van der Waals surface area contributed by atoms with Gasteiger partial charge in [0.15, 0.2) is 5.60 Å². The molecule has 0 saturated heterocycles. The monoisotopic (exact) mass is 176 g/mol. The molecule has 0 fully saturated rings. The van der Waals surface area contributed by atoms with Crippen molar-refractivity contribution >= 4 is 5.97 Å². The minimum Gasteiger partial charge on any atom is -0.458 e. The van der Waals surface area contributed by atoms with Gasteiger partial charge < -0.3 is 4.74 Å². The molecule has 1 N–H and O–H groups in total. The van der Waals surface area contributed by atoms with Gasteiger partial charge in [0, 0.05) is 0 Å². The first-order valence-corrected chi connectivity index (χ1v) is 3.75. The van der Waals surface area contributed by atoms with Crippen molar-refractivity contribution in [1.29, 1.82) is 0 Å². The van der Waals surface area contributed by atoms with Gasteiger partial charge in [0.1, 0.15) is 5.60 Å². The molecule has 0 aromatic carbocycles. The highest BCUT2D eigenvalue weighted by Gasteiger charge is 2.33. The molecule has 0 spiro atoms. The first kappa shape index (κ1) is 11.4. The van der Waals surface area contributed by atoms with Crippen LogP contribution in [0.15, 0.2) is 0 Å². The van der Waals surface area contributed by atoms with Crippen LogP contribution in [-0.4, -0.2) is 22.4 Å². The SMILES string of the molecule is CC(C)(C)OC(=O)C(C)(C)OO. The van der Waals surface area contributed by atoms with E-state index in [1.165, 1.54) is 13.8 Å².